The van der Waals surface area contributed by atoms with E-state index in [0.717, 1.165) is 4.48 Å². The van der Waals surface area contributed by atoms with Gasteiger partial charge < -0.3 is 34.3 Å². The highest BCUT2D eigenvalue weighted by atomic mass is 31.2. The van der Waals surface area contributed by atoms with Crippen LogP contribution in [0.25, 0.3) is 0 Å². The van der Waals surface area contributed by atoms with Crippen molar-refractivity contribution in [3.63, 3.8) is 0 Å². The van der Waals surface area contributed by atoms with Crippen LogP contribution in [0.1, 0.15) is 16.6 Å². The van der Waals surface area contributed by atoms with Crippen molar-refractivity contribution in [1.29, 1.82) is 0 Å². The highest BCUT2D eigenvalue weighted by molar-refractivity contribution is 7.46. The number of ether oxygens (including phenoxy) is 1. The summed E-state index contributed by atoms with van der Waals surface area (Å²) in [7, 11) is 3.77. The molecule has 0 bridgehead atoms. The highest BCUT2D eigenvalue weighted by Gasteiger charge is 2.48. The minimum absolute atomic E-state index is 0.0530. The summed E-state index contributed by atoms with van der Waals surface area (Å²) in [5.74, 6) is -1.18. The van der Waals surface area contributed by atoms with E-state index in [2.05, 4.69) is 32.7 Å². The maximum absolute atomic E-state index is 10.9. The molecule has 1 aliphatic rings. The normalized spacial score (nSPS) is 25.6. The van der Waals surface area contributed by atoms with Gasteiger partial charge in [-0.1, -0.05) is 0 Å². The van der Waals surface area contributed by atoms with Gasteiger partial charge in [0.15, 0.2) is 18.5 Å². The summed E-state index contributed by atoms with van der Waals surface area (Å²) in [5, 5.41) is 28.7. The standard InChI is InChI=1S/C11H14NO9P.C4H12N/c13-8-7(5-20-22(17,18)19)21-10(9(8)14)12-3-1-2-6(4-12)11(15)16;1-5(2,3)4/h1-4,7-10,13-14H,5H2,(H2-,15,16,17,18,19);1-4H3/q;+1/p+1/t7-,8-,9-,10-;/m1./s1. The maximum atomic E-state index is 10.9. The predicted octanol–water partition coefficient (Wildman–Crippen LogP) is -1.28. The quantitative estimate of drug-likeness (QED) is 0.227. The molecule has 154 valence electrons. The highest BCUT2D eigenvalue weighted by Crippen LogP contribution is 2.37. The number of carboxylic acid groups (broad SMARTS) is 1. The zero-order valence-corrected chi connectivity index (χ0v) is 16.4. The number of quaternary nitrogens is 1. The zero-order valence-electron chi connectivity index (χ0n) is 15.5. The molecular weight excluding hydrogens is 383 g/mol. The number of phosphoric acid groups is 1. The Morgan fingerprint density at radius 3 is 2.30 bits per heavy atom. The zero-order chi connectivity index (χ0) is 21.0. The summed E-state index contributed by atoms with van der Waals surface area (Å²) in [4.78, 5) is 28.2. The van der Waals surface area contributed by atoms with Crippen LogP contribution in [0.5, 0.6) is 0 Å². The largest absolute Gasteiger partial charge is 0.477 e. The summed E-state index contributed by atoms with van der Waals surface area (Å²) in [6.07, 6.45) is -2.51. The molecule has 0 unspecified atom stereocenters. The molecule has 5 N–H and O–H groups in total. The number of aromatic nitrogens is 1. The van der Waals surface area contributed by atoms with Gasteiger partial charge in [0.25, 0.3) is 6.23 Å². The van der Waals surface area contributed by atoms with Crippen LogP contribution >= 0.6 is 7.82 Å². The number of aliphatic hydroxyl groups excluding tert-OH is 2. The monoisotopic (exact) mass is 410 g/mol. The van der Waals surface area contributed by atoms with Crippen molar-refractivity contribution in [2.45, 2.75) is 24.5 Å². The van der Waals surface area contributed by atoms with Crippen LogP contribution in [0.2, 0.25) is 0 Å². The smallest absolute Gasteiger partial charge is 0.469 e. The fourth-order valence-corrected chi connectivity index (χ4v) is 2.40. The van der Waals surface area contributed by atoms with Crippen molar-refractivity contribution in [3.05, 3.63) is 30.1 Å². The van der Waals surface area contributed by atoms with Crippen LogP contribution in [0.4, 0.5) is 0 Å². The molecule has 11 nitrogen and oxygen atoms in total. The second kappa shape index (κ2) is 9.18. The van der Waals surface area contributed by atoms with Crippen LogP contribution in [0.3, 0.4) is 0 Å². The van der Waals surface area contributed by atoms with Crippen LogP contribution in [0, 0.1) is 0 Å². The first-order valence-electron chi connectivity index (χ1n) is 7.94. The van der Waals surface area contributed by atoms with E-state index in [1.54, 1.807) is 0 Å². The number of nitrogens with zero attached hydrogens (tertiary/aromatic N) is 2. The number of aromatic carboxylic acids is 1. The van der Waals surface area contributed by atoms with E-state index in [1.165, 1.54) is 29.1 Å². The molecule has 27 heavy (non-hydrogen) atoms. The minimum Gasteiger partial charge on any atom is -0.477 e. The Kier molecular flexibility index (Phi) is 8.02. The Bertz CT molecular complexity index is 682. The van der Waals surface area contributed by atoms with E-state index in [1.807, 2.05) is 0 Å². The number of phosphoric ester groups is 1. The lowest BCUT2D eigenvalue weighted by atomic mass is 10.1. The SMILES string of the molecule is C[N+](C)(C)C.O=C(O)c1ccc[n+]([C@@H]2O[C@H](COP(=O)(O)O)[C@@H](O)[C@H]2O)c1. The number of carboxylic acids is 1. The fourth-order valence-electron chi connectivity index (χ4n) is 2.06. The van der Waals surface area contributed by atoms with Gasteiger partial charge in [-0.15, -0.1) is 0 Å². The average Bonchev–Trinajstić information content (AvgIpc) is 2.79. The molecule has 0 amide bonds. The summed E-state index contributed by atoms with van der Waals surface area (Å²) in [6.45, 7) is -0.627. The van der Waals surface area contributed by atoms with Gasteiger partial charge in [0, 0.05) is 6.07 Å². The predicted molar refractivity (Wildman–Crippen MR) is 91.5 cm³/mol. The van der Waals surface area contributed by atoms with Gasteiger partial charge in [-0.05, 0) is 6.07 Å². The molecule has 2 rings (SSSR count). The Morgan fingerprint density at radius 1 is 1.26 bits per heavy atom. The van der Waals surface area contributed by atoms with E-state index in [9.17, 15) is 19.6 Å². The van der Waals surface area contributed by atoms with Gasteiger partial charge in [0.2, 0.25) is 0 Å². The van der Waals surface area contributed by atoms with Gasteiger partial charge in [0.1, 0.15) is 17.8 Å². The van der Waals surface area contributed by atoms with Gasteiger partial charge in [-0.2, -0.15) is 4.57 Å². The Morgan fingerprint density at radius 2 is 1.81 bits per heavy atom. The van der Waals surface area contributed by atoms with E-state index < -0.39 is 44.9 Å². The molecule has 1 aromatic heterocycles. The molecule has 0 radical (unpaired) electrons. The summed E-state index contributed by atoms with van der Waals surface area (Å²) >= 11 is 0. The first-order valence-corrected chi connectivity index (χ1v) is 9.47. The molecule has 2 heterocycles. The molecule has 1 saturated heterocycles. The number of pyridine rings is 1. The summed E-state index contributed by atoms with van der Waals surface area (Å²) in [5.41, 5.74) is -0.0530. The molecule has 0 saturated carbocycles. The Hall–Kier alpha value is -1.43. The van der Waals surface area contributed by atoms with Crippen molar-refractivity contribution in [2.75, 3.05) is 34.8 Å². The Balaban J connectivity index is 0.000000646. The average molecular weight is 410 g/mol. The first kappa shape index (κ1) is 23.6. The first-order chi connectivity index (χ1) is 12.2. The van der Waals surface area contributed by atoms with Gasteiger partial charge >= 0.3 is 13.8 Å². The minimum atomic E-state index is -4.73. The van der Waals surface area contributed by atoms with Crippen LogP contribution in [-0.2, 0) is 13.8 Å². The summed E-state index contributed by atoms with van der Waals surface area (Å²) in [6, 6.07) is 2.76. The third-order valence-electron chi connectivity index (χ3n) is 3.11. The number of carbonyl (C=O) groups is 1. The van der Waals surface area contributed by atoms with Crippen molar-refractivity contribution < 1.29 is 52.8 Å². The van der Waals surface area contributed by atoms with Crippen LogP contribution < -0.4 is 4.57 Å². The van der Waals surface area contributed by atoms with Gasteiger partial charge in [-0.25, -0.2) is 9.36 Å². The van der Waals surface area contributed by atoms with Crippen molar-refractivity contribution in [3.8, 4) is 0 Å². The lowest BCUT2D eigenvalue weighted by Crippen LogP contribution is -2.46. The van der Waals surface area contributed by atoms with Crippen molar-refractivity contribution in [2.24, 2.45) is 0 Å². The van der Waals surface area contributed by atoms with Gasteiger partial charge in [0.05, 0.1) is 34.8 Å². The third-order valence-corrected chi connectivity index (χ3v) is 3.59. The molecular formula is C15H27N2O9P+2. The maximum Gasteiger partial charge on any atom is 0.469 e. The molecule has 12 heteroatoms. The molecule has 1 aliphatic heterocycles. The molecule has 4 atom stereocenters. The molecule has 1 fully saturated rings. The van der Waals surface area contributed by atoms with Crippen molar-refractivity contribution in [1.82, 2.24) is 0 Å². The van der Waals surface area contributed by atoms with E-state index in [-0.39, 0.29) is 5.56 Å². The second-order valence-electron chi connectivity index (χ2n) is 7.36. The number of hydrogen-bond acceptors (Lipinski definition) is 6. The molecule has 0 aromatic carbocycles. The Labute approximate surface area is 156 Å². The molecule has 1 aromatic rings. The number of aliphatic hydroxyl groups is 2. The molecule has 0 aliphatic carbocycles. The summed E-state index contributed by atoms with van der Waals surface area (Å²) < 4.78 is 22.4. The van der Waals surface area contributed by atoms with Crippen LogP contribution in [0.15, 0.2) is 24.5 Å². The van der Waals surface area contributed by atoms with E-state index in [4.69, 9.17) is 19.6 Å². The van der Waals surface area contributed by atoms with Gasteiger partial charge in [-0.3, -0.25) is 4.52 Å². The second-order valence-corrected chi connectivity index (χ2v) is 8.60. The number of rotatable bonds is 5. The topological polar surface area (TPSA) is 158 Å². The third kappa shape index (κ3) is 8.41. The lowest BCUT2D eigenvalue weighted by Gasteiger charge is -2.14. The van der Waals surface area contributed by atoms with E-state index >= 15 is 0 Å². The lowest BCUT2D eigenvalue weighted by molar-refractivity contribution is -0.849. The fraction of sp³-hybridized carbons (Fsp3) is 0.600. The van der Waals surface area contributed by atoms with Crippen molar-refractivity contribution >= 4 is 13.8 Å². The molecule has 0 spiro atoms. The number of hydrogen-bond donors (Lipinski definition) is 5. The van der Waals surface area contributed by atoms with E-state index in [0.29, 0.717) is 0 Å². The van der Waals surface area contributed by atoms with Crippen LogP contribution in [-0.4, -0.2) is 88.7 Å².